The third-order valence-electron chi connectivity index (χ3n) is 3.95. The number of benzene rings is 1. The van der Waals surface area contributed by atoms with E-state index < -0.39 is 0 Å². The lowest BCUT2D eigenvalue weighted by Gasteiger charge is -2.29. The minimum atomic E-state index is -0.250. The molecular weight excluding hydrogens is 255 g/mol. The Morgan fingerprint density at radius 2 is 2.05 bits per heavy atom. The van der Waals surface area contributed by atoms with E-state index in [2.05, 4.69) is 0 Å². The second-order valence-corrected chi connectivity index (χ2v) is 5.87. The van der Waals surface area contributed by atoms with Gasteiger partial charge in [-0.05, 0) is 24.8 Å². The molecule has 0 aromatic heterocycles. The first-order chi connectivity index (χ1) is 9.54. The summed E-state index contributed by atoms with van der Waals surface area (Å²) in [6.07, 6.45) is 2.02. The molecule has 0 saturated heterocycles. The maximum absolute atomic E-state index is 13.8. The van der Waals surface area contributed by atoms with Crippen LogP contribution in [-0.2, 0) is 11.3 Å². The highest BCUT2D eigenvalue weighted by molar-refractivity contribution is 5.80. The van der Waals surface area contributed by atoms with Crippen LogP contribution >= 0.6 is 0 Å². The van der Waals surface area contributed by atoms with Gasteiger partial charge in [0.15, 0.2) is 0 Å². The van der Waals surface area contributed by atoms with Gasteiger partial charge in [0.1, 0.15) is 5.82 Å². The standard InChI is InChI=1S/C16H23FN2O/c1-11(2)14(9-18)16(20)19(13-7-8-13)10-12-5-3-4-6-15(12)17/h3-6,11,13-14H,7-10,18H2,1-2H3. The fourth-order valence-electron chi connectivity index (χ4n) is 2.45. The second-order valence-electron chi connectivity index (χ2n) is 5.87. The minimum Gasteiger partial charge on any atom is -0.335 e. The molecule has 1 saturated carbocycles. The molecule has 1 amide bonds. The Hall–Kier alpha value is -1.42. The van der Waals surface area contributed by atoms with Crippen molar-refractivity contribution in [1.29, 1.82) is 0 Å². The normalized spacial score (nSPS) is 16.2. The third kappa shape index (κ3) is 3.37. The van der Waals surface area contributed by atoms with E-state index in [1.54, 1.807) is 18.2 Å². The zero-order valence-electron chi connectivity index (χ0n) is 12.2. The lowest BCUT2D eigenvalue weighted by molar-refractivity contribution is -0.137. The molecule has 20 heavy (non-hydrogen) atoms. The number of halogens is 1. The van der Waals surface area contributed by atoms with Gasteiger partial charge in [0.25, 0.3) is 0 Å². The van der Waals surface area contributed by atoms with E-state index in [1.807, 2.05) is 18.7 Å². The summed E-state index contributed by atoms with van der Waals surface area (Å²) < 4.78 is 13.8. The number of hydrogen-bond donors (Lipinski definition) is 1. The van der Waals surface area contributed by atoms with Crippen molar-refractivity contribution in [3.05, 3.63) is 35.6 Å². The summed E-state index contributed by atoms with van der Waals surface area (Å²) in [5.41, 5.74) is 6.31. The predicted octanol–water partition coefficient (Wildman–Crippen LogP) is 2.55. The van der Waals surface area contributed by atoms with Crippen LogP contribution in [0.5, 0.6) is 0 Å². The first-order valence-corrected chi connectivity index (χ1v) is 7.28. The molecule has 0 radical (unpaired) electrons. The van der Waals surface area contributed by atoms with Gasteiger partial charge in [-0.3, -0.25) is 4.79 Å². The first-order valence-electron chi connectivity index (χ1n) is 7.28. The van der Waals surface area contributed by atoms with Crippen molar-refractivity contribution in [3.8, 4) is 0 Å². The van der Waals surface area contributed by atoms with E-state index in [-0.39, 0.29) is 29.6 Å². The van der Waals surface area contributed by atoms with Crippen LogP contribution in [0.25, 0.3) is 0 Å². The number of carbonyl (C=O) groups excluding carboxylic acids is 1. The number of nitrogens with zero attached hydrogens (tertiary/aromatic N) is 1. The lowest BCUT2D eigenvalue weighted by atomic mass is 9.94. The highest BCUT2D eigenvalue weighted by Crippen LogP contribution is 2.31. The molecule has 1 aromatic rings. The zero-order valence-corrected chi connectivity index (χ0v) is 12.2. The van der Waals surface area contributed by atoms with Crippen molar-refractivity contribution in [2.75, 3.05) is 6.54 Å². The van der Waals surface area contributed by atoms with E-state index in [4.69, 9.17) is 5.73 Å². The predicted molar refractivity (Wildman–Crippen MR) is 77.4 cm³/mol. The van der Waals surface area contributed by atoms with Gasteiger partial charge in [-0.15, -0.1) is 0 Å². The van der Waals surface area contributed by atoms with Gasteiger partial charge in [0.05, 0.1) is 5.92 Å². The molecule has 1 atom stereocenters. The largest absolute Gasteiger partial charge is 0.335 e. The molecule has 0 aliphatic heterocycles. The van der Waals surface area contributed by atoms with Gasteiger partial charge in [-0.1, -0.05) is 32.0 Å². The van der Waals surface area contributed by atoms with E-state index in [0.717, 1.165) is 12.8 Å². The fourth-order valence-corrected chi connectivity index (χ4v) is 2.45. The van der Waals surface area contributed by atoms with Gasteiger partial charge in [0, 0.05) is 24.7 Å². The van der Waals surface area contributed by atoms with Crippen LogP contribution in [0, 0.1) is 17.7 Å². The van der Waals surface area contributed by atoms with Gasteiger partial charge < -0.3 is 10.6 Å². The van der Waals surface area contributed by atoms with Gasteiger partial charge in [0.2, 0.25) is 5.91 Å². The van der Waals surface area contributed by atoms with Crippen molar-refractivity contribution in [3.63, 3.8) is 0 Å². The highest BCUT2D eigenvalue weighted by atomic mass is 19.1. The summed E-state index contributed by atoms with van der Waals surface area (Å²) in [5, 5.41) is 0. The summed E-state index contributed by atoms with van der Waals surface area (Å²) >= 11 is 0. The Kier molecular flexibility index (Phi) is 4.76. The second kappa shape index (κ2) is 6.35. The number of rotatable bonds is 6. The van der Waals surface area contributed by atoms with E-state index in [9.17, 15) is 9.18 Å². The van der Waals surface area contributed by atoms with Crippen LogP contribution in [-0.4, -0.2) is 23.4 Å². The number of amides is 1. The third-order valence-corrected chi connectivity index (χ3v) is 3.95. The molecular formula is C16H23FN2O. The van der Waals surface area contributed by atoms with E-state index in [0.29, 0.717) is 18.7 Å². The molecule has 1 aliphatic carbocycles. The van der Waals surface area contributed by atoms with Crippen molar-refractivity contribution < 1.29 is 9.18 Å². The molecule has 1 aromatic carbocycles. The van der Waals surface area contributed by atoms with Crippen molar-refractivity contribution in [1.82, 2.24) is 4.90 Å². The molecule has 3 nitrogen and oxygen atoms in total. The number of nitrogens with two attached hydrogens (primary N) is 1. The molecule has 4 heteroatoms. The summed E-state index contributed by atoms with van der Waals surface area (Å²) in [6, 6.07) is 6.91. The fraction of sp³-hybridized carbons (Fsp3) is 0.562. The molecule has 1 aliphatic rings. The number of carbonyl (C=O) groups is 1. The van der Waals surface area contributed by atoms with Crippen LogP contribution < -0.4 is 5.73 Å². The Labute approximate surface area is 120 Å². The Bertz CT molecular complexity index is 471. The minimum absolute atomic E-state index is 0.0632. The molecule has 110 valence electrons. The van der Waals surface area contributed by atoms with Crippen LogP contribution in [0.2, 0.25) is 0 Å². The maximum atomic E-state index is 13.8. The van der Waals surface area contributed by atoms with Crippen molar-refractivity contribution in [2.24, 2.45) is 17.6 Å². The average Bonchev–Trinajstić information content (AvgIpc) is 3.22. The average molecular weight is 278 g/mol. The molecule has 0 heterocycles. The number of hydrogen-bond acceptors (Lipinski definition) is 2. The molecule has 0 bridgehead atoms. The van der Waals surface area contributed by atoms with Crippen molar-refractivity contribution in [2.45, 2.75) is 39.3 Å². The molecule has 1 fully saturated rings. The molecule has 0 spiro atoms. The van der Waals surface area contributed by atoms with Gasteiger partial charge >= 0.3 is 0 Å². The van der Waals surface area contributed by atoms with Gasteiger partial charge in [-0.2, -0.15) is 0 Å². The molecule has 1 unspecified atom stereocenters. The van der Waals surface area contributed by atoms with E-state index in [1.165, 1.54) is 6.07 Å². The van der Waals surface area contributed by atoms with Crippen LogP contribution in [0.15, 0.2) is 24.3 Å². The topological polar surface area (TPSA) is 46.3 Å². The Balaban J connectivity index is 2.15. The van der Waals surface area contributed by atoms with Crippen LogP contribution in [0.4, 0.5) is 4.39 Å². The first kappa shape index (κ1) is 15.0. The van der Waals surface area contributed by atoms with Crippen LogP contribution in [0.1, 0.15) is 32.3 Å². The lowest BCUT2D eigenvalue weighted by Crippen LogP contribution is -2.42. The monoisotopic (exact) mass is 278 g/mol. The quantitative estimate of drug-likeness (QED) is 0.869. The Morgan fingerprint density at radius 3 is 2.55 bits per heavy atom. The summed E-state index contributed by atoms with van der Waals surface area (Å²) in [7, 11) is 0. The smallest absolute Gasteiger partial charge is 0.227 e. The SMILES string of the molecule is CC(C)C(CN)C(=O)N(Cc1ccccc1F)C1CC1. The van der Waals surface area contributed by atoms with E-state index >= 15 is 0 Å². The van der Waals surface area contributed by atoms with Crippen LogP contribution in [0.3, 0.4) is 0 Å². The summed E-state index contributed by atoms with van der Waals surface area (Å²) in [4.78, 5) is 14.5. The maximum Gasteiger partial charge on any atom is 0.227 e. The zero-order chi connectivity index (χ0) is 14.7. The summed E-state index contributed by atoms with van der Waals surface area (Å²) in [6.45, 7) is 4.70. The Morgan fingerprint density at radius 1 is 1.40 bits per heavy atom. The van der Waals surface area contributed by atoms with Crippen molar-refractivity contribution >= 4 is 5.91 Å². The highest BCUT2D eigenvalue weighted by Gasteiger charge is 2.36. The summed E-state index contributed by atoms with van der Waals surface area (Å²) in [5.74, 6) is -0.162. The molecule has 2 rings (SSSR count). The van der Waals surface area contributed by atoms with Gasteiger partial charge in [-0.25, -0.2) is 4.39 Å². The molecule has 2 N–H and O–H groups in total.